The van der Waals surface area contributed by atoms with Crippen molar-refractivity contribution in [1.82, 2.24) is 0 Å². The van der Waals surface area contributed by atoms with Crippen molar-refractivity contribution in [2.45, 2.75) is 24.3 Å². The van der Waals surface area contributed by atoms with Crippen molar-refractivity contribution >= 4 is 17.7 Å². The molecular weight excluding hydrogens is 239 g/mol. The maximum Gasteiger partial charge on any atom is 0.248 e. The van der Waals surface area contributed by atoms with Gasteiger partial charge in [0.2, 0.25) is 5.91 Å². The standard InChI is InChI=1S/C12H17FN2OS/c1-8(4-5-14)17-7-10-3-2-9(12(15)16)6-11(10)13/h2-3,6,8H,4-5,7,14H2,1H3,(H2,15,16). The van der Waals surface area contributed by atoms with Gasteiger partial charge in [0, 0.05) is 16.6 Å². The van der Waals surface area contributed by atoms with Gasteiger partial charge in [-0.05, 0) is 30.7 Å². The Bertz CT molecular complexity index is 398. The summed E-state index contributed by atoms with van der Waals surface area (Å²) in [4.78, 5) is 10.9. The summed E-state index contributed by atoms with van der Waals surface area (Å²) in [6.45, 7) is 2.70. The topological polar surface area (TPSA) is 69.1 Å². The van der Waals surface area contributed by atoms with E-state index in [4.69, 9.17) is 11.5 Å². The lowest BCUT2D eigenvalue weighted by atomic mass is 10.1. The van der Waals surface area contributed by atoms with Gasteiger partial charge in [0.25, 0.3) is 0 Å². The number of benzene rings is 1. The lowest BCUT2D eigenvalue weighted by molar-refractivity contribution is 0.1000. The number of rotatable bonds is 6. The molecule has 3 nitrogen and oxygen atoms in total. The molecule has 0 heterocycles. The van der Waals surface area contributed by atoms with Crippen molar-refractivity contribution in [3.05, 3.63) is 35.1 Å². The second-order valence-corrected chi connectivity index (χ2v) is 5.30. The van der Waals surface area contributed by atoms with Crippen molar-refractivity contribution in [2.24, 2.45) is 11.5 Å². The molecule has 0 aliphatic rings. The van der Waals surface area contributed by atoms with Crippen LogP contribution in [-0.2, 0) is 5.75 Å². The first-order valence-corrected chi connectivity index (χ1v) is 6.49. The molecule has 1 rings (SSSR count). The molecule has 1 aromatic carbocycles. The van der Waals surface area contributed by atoms with Crippen LogP contribution in [0.5, 0.6) is 0 Å². The van der Waals surface area contributed by atoms with Gasteiger partial charge in [0.1, 0.15) is 5.82 Å². The van der Waals surface area contributed by atoms with Crippen molar-refractivity contribution in [3.8, 4) is 0 Å². The van der Waals surface area contributed by atoms with Gasteiger partial charge in [-0.15, -0.1) is 0 Å². The fourth-order valence-electron chi connectivity index (χ4n) is 1.37. The molecule has 1 aromatic rings. The third-order valence-corrected chi connectivity index (χ3v) is 3.72. The Morgan fingerprint density at radius 1 is 1.53 bits per heavy atom. The Balaban J connectivity index is 2.63. The van der Waals surface area contributed by atoms with E-state index in [9.17, 15) is 9.18 Å². The van der Waals surface area contributed by atoms with Crippen LogP contribution in [0.25, 0.3) is 0 Å². The molecule has 0 aliphatic carbocycles. The van der Waals surface area contributed by atoms with Gasteiger partial charge >= 0.3 is 0 Å². The molecule has 94 valence electrons. The van der Waals surface area contributed by atoms with Crippen LogP contribution in [0.1, 0.15) is 29.3 Å². The van der Waals surface area contributed by atoms with E-state index in [-0.39, 0.29) is 11.4 Å². The maximum absolute atomic E-state index is 13.6. The number of primary amides is 1. The van der Waals surface area contributed by atoms with E-state index in [0.717, 1.165) is 6.42 Å². The van der Waals surface area contributed by atoms with Gasteiger partial charge in [-0.2, -0.15) is 11.8 Å². The van der Waals surface area contributed by atoms with Crippen molar-refractivity contribution in [2.75, 3.05) is 6.54 Å². The molecule has 0 spiro atoms. The fourth-order valence-corrected chi connectivity index (χ4v) is 2.37. The molecule has 1 atom stereocenters. The van der Waals surface area contributed by atoms with Crippen LogP contribution < -0.4 is 11.5 Å². The molecular formula is C12H17FN2OS. The van der Waals surface area contributed by atoms with E-state index in [1.807, 2.05) is 0 Å². The zero-order chi connectivity index (χ0) is 12.8. The Morgan fingerprint density at radius 3 is 2.76 bits per heavy atom. The van der Waals surface area contributed by atoms with Gasteiger partial charge in [0.05, 0.1) is 0 Å². The van der Waals surface area contributed by atoms with E-state index in [2.05, 4.69) is 6.92 Å². The largest absolute Gasteiger partial charge is 0.366 e. The van der Waals surface area contributed by atoms with Crippen LogP contribution in [-0.4, -0.2) is 17.7 Å². The van der Waals surface area contributed by atoms with Crippen LogP contribution in [0.15, 0.2) is 18.2 Å². The number of halogens is 1. The number of thioether (sulfide) groups is 1. The van der Waals surface area contributed by atoms with Crippen LogP contribution >= 0.6 is 11.8 Å². The van der Waals surface area contributed by atoms with Crippen LogP contribution in [0.3, 0.4) is 0 Å². The molecule has 0 aromatic heterocycles. The van der Waals surface area contributed by atoms with E-state index < -0.39 is 5.91 Å². The first kappa shape index (κ1) is 14.0. The Labute approximate surface area is 105 Å². The number of hydrogen-bond donors (Lipinski definition) is 2. The predicted molar refractivity (Wildman–Crippen MR) is 69.3 cm³/mol. The zero-order valence-electron chi connectivity index (χ0n) is 9.78. The quantitative estimate of drug-likeness (QED) is 0.816. The summed E-state index contributed by atoms with van der Waals surface area (Å²) in [5, 5.41) is 0.398. The normalized spacial score (nSPS) is 12.4. The molecule has 0 fully saturated rings. The van der Waals surface area contributed by atoms with Crippen LogP contribution in [0.2, 0.25) is 0 Å². The third-order valence-electron chi connectivity index (χ3n) is 2.43. The number of hydrogen-bond acceptors (Lipinski definition) is 3. The lowest BCUT2D eigenvalue weighted by Crippen LogP contribution is -2.11. The smallest absolute Gasteiger partial charge is 0.248 e. The Hall–Kier alpha value is -1.07. The molecule has 0 bridgehead atoms. The van der Waals surface area contributed by atoms with Crippen molar-refractivity contribution < 1.29 is 9.18 Å². The van der Waals surface area contributed by atoms with E-state index in [0.29, 0.717) is 23.1 Å². The number of carbonyl (C=O) groups is 1. The molecule has 0 saturated heterocycles. The molecule has 5 heteroatoms. The highest BCUT2D eigenvalue weighted by Crippen LogP contribution is 2.22. The first-order valence-electron chi connectivity index (χ1n) is 5.44. The average molecular weight is 256 g/mol. The molecule has 0 aliphatic heterocycles. The fraction of sp³-hybridized carbons (Fsp3) is 0.417. The minimum atomic E-state index is -0.611. The number of nitrogens with two attached hydrogens (primary N) is 2. The zero-order valence-corrected chi connectivity index (χ0v) is 10.6. The SMILES string of the molecule is CC(CCN)SCc1ccc(C(N)=O)cc1F. The minimum absolute atomic E-state index is 0.200. The summed E-state index contributed by atoms with van der Waals surface area (Å²) in [6, 6.07) is 4.35. The first-order chi connectivity index (χ1) is 8.04. The summed E-state index contributed by atoms with van der Waals surface area (Å²) in [6.07, 6.45) is 0.908. The second-order valence-electron chi connectivity index (χ2n) is 3.87. The molecule has 1 unspecified atom stereocenters. The van der Waals surface area contributed by atoms with Gasteiger partial charge < -0.3 is 11.5 Å². The van der Waals surface area contributed by atoms with Crippen molar-refractivity contribution in [3.63, 3.8) is 0 Å². The van der Waals surface area contributed by atoms with Gasteiger partial charge in [-0.25, -0.2) is 4.39 Å². The van der Waals surface area contributed by atoms with Gasteiger partial charge in [-0.1, -0.05) is 13.0 Å². The highest BCUT2D eigenvalue weighted by molar-refractivity contribution is 7.99. The summed E-state index contributed by atoms with van der Waals surface area (Å²) in [7, 11) is 0. The van der Waals surface area contributed by atoms with Crippen LogP contribution in [0.4, 0.5) is 4.39 Å². The van der Waals surface area contributed by atoms with E-state index in [1.54, 1.807) is 23.9 Å². The van der Waals surface area contributed by atoms with Crippen LogP contribution in [0, 0.1) is 5.82 Å². The summed E-state index contributed by atoms with van der Waals surface area (Å²) in [5.74, 6) is -0.417. The average Bonchev–Trinajstić information content (AvgIpc) is 2.27. The minimum Gasteiger partial charge on any atom is -0.366 e. The number of amides is 1. The summed E-state index contributed by atoms with van der Waals surface area (Å²) >= 11 is 1.65. The van der Waals surface area contributed by atoms with Crippen molar-refractivity contribution in [1.29, 1.82) is 0 Å². The third kappa shape index (κ3) is 4.36. The lowest BCUT2D eigenvalue weighted by Gasteiger charge is -2.10. The molecule has 17 heavy (non-hydrogen) atoms. The highest BCUT2D eigenvalue weighted by Gasteiger charge is 2.08. The monoisotopic (exact) mass is 256 g/mol. The second kappa shape index (κ2) is 6.61. The molecule has 1 amide bonds. The Morgan fingerprint density at radius 2 is 2.24 bits per heavy atom. The summed E-state index contributed by atoms with van der Waals surface area (Å²) in [5.41, 5.74) is 11.3. The maximum atomic E-state index is 13.6. The predicted octanol–water partition coefficient (Wildman–Crippen LogP) is 1.90. The van der Waals surface area contributed by atoms with Gasteiger partial charge in [0.15, 0.2) is 0 Å². The van der Waals surface area contributed by atoms with E-state index >= 15 is 0 Å². The highest BCUT2D eigenvalue weighted by atomic mass is 32.2. The molecule has 0 radical (unpaired) electrons. The Kier molecular flexibility index (Phi) is 5.44. The summed E-state index contributed by atoms with van der Waals surface area (Å²) < 4.78 is 13.6. The van der Waals surface area contributed by atoms with Gasteiger partial charge in [-0.3, -0.25) is 4.79 Å². The molecule has 4 N–H and O–H groups in total. The van der Waals surface area contributed by atoms with E-state index in [1.165, 1.54) is 6.07 Å². The molecule has 0 saturated carbocycles. The number of carbonyl (C=O) groups excluding carboxylic acids is 1.